The first kappa shape index (κ1) is 14.8. The second-order valence-corrected chi connectivity index (χ2v) is 4.97. The molecule has 0 spiro atoms. The summed E-state index contributed by atoms with van der Waals surface area (Å²) in [6.45, 7) is 4.08. The average molecular weight is 304 g/mol. The van der Waals surface area contributed by atoms with Gasteiger partial charge in [-0.05, 0) is 35.9 Å². The van der Waals surface area contributed by atoms with Gasteiger partial charge in [0.2, 0.25) is 5.78 Å². The van der Waals surface area contributed by atoms with Gasteiger partial charge in [0.15, 0.2) is 5.82 Å². The van der Waals surface area contributed by atoms with Gasteiger partial charge in [-0.3, -0.25) is 4.79 Å². The second-order valence-electron chi connectivity index (χ2n) is 4.97. The number of allylic oxidation sites excluding steroid dienone is 1. The monoisotopic (exact) mass is 304 g/mol. The maximum absolute atomic E-state index is 12.2. The number of carbonyl (C=O) groups excluding carboxylic acids is 1. The summed E-state index contributed by atoms with van der Waals surface area (Å²) in [5.41, 5.74) is 2.56. The molecule has 0 bridgehead atoms. The van der Waals surface area contributed by atoms with Crippen molar-refractivity contribution in [3.8, 4) is 5.75 Å². The van der Waals surface area contributed by atoms with Crippen molar-refractivity contribution < 1.29 is 9.53 Å². The van der Waals surface area contributed by atoms with Gasteiger partial charge < -0.3 is 9.72 Å². The number of para-hydroxylation sites is 2. The van der Waals surface area contributed by atoms with Crippen LogP contribution < -0.4 is 4.74 Å². The second kappa shape index (κ2) is 6.75. The highest BCUT2D eigenvalue weighted by atomic mass is 16.5. The van der Waals surface area contributed by atoms with E-state index in [2.05, 4.69) is 16.5 Å². The predicted octanol–water partition coefficient (Wildman–Crippen LogP) is 4.02. The lowest BCUT2D eigenvalue weighted by Gasteiger charge is -2.02. The van der Waals surface area contributed by atoms with Crippen molar-refractivity contribution in [1.82, 2.24) is 9.97 Å². The van der Waals surface area contributed by atoms with E-state index in [-0.39, 0.29) is 5.78 Å². The predicted molar refractivity (Wildman–Crippen MR) is 91.6 cm³/mol. The van der Waals surface area contributed by atoms with Crippen LogP contribution in [0.25, 0.3) is 17.1 Å². The molecule has 0 aliphatic heterocycles. The fourth-order valence-electron chi connectivity index (χ4n) is 2.15. The van der Waals surface area contributed by atoms with Crippen molar-refractivity contribution in [1.29, 1.82) is 0 Å². The molecule has 1 N–H and O–H groups in total. The van der Waals surface area contributed by atoms with Gasteiger partial charge in [0, 0.05) is 0 Å². The minimum atomic E-state index is -0.159. The highest BCUT2D eigenvalue weighted by molar-refractivity contribution is 6.05. The minimum Gasteiger partial charge on any atom is -0.490 e. The number of ketones is 1. The molecule has 3 rings (SSSR count). The lowest BCUT2D eigenvalue weighted by molar-refractivity contribution is 0.103. The van der Waals surface area contributed by atoms with E-state index in [1.807, 2.05) is 48.5 Å². The Bertz CT molecular complexity index is 827. The summed E-state index contributed by atoms with van der Waals surface area (Å²) in [4.78, 5) is 19.5. The summed E-state index contributed by atoms with van der Waals surface area (Å²) in [5, 5.41) is 0. The van der Waals surface area contributed by atoms with E-state index < -0.39 is 0 Å². The van der Waals surface area contributed by atoms with Crippen LogP contribution in [0.4, 0.5) is 0 Å². The molecule has 2 aromatic carbocycles. The number of H-pyrrole nitrogens is 1. The van der Waals surface area contributed by atoms with Crippen LogP contribution in [-0.4, -0.2) is 22.4 Å². The maximum atomic E-state index is 12.2. The van der Waals surface area contributed by atoms with Crippen LogP contribution >= 0.6 is 0 Å². The van der Waals surface area contributed by atoms with Crippen molar-refractivity contribution in [3.05, 3.63) is 78.6 Å². The quantitative estimate of drug-likeness (QED) is 0.425. The summed E-state index contributed by atoms with van der Waals surface area (Å²) in [6.07, 6.45) is 4.96. The molecule has 4 heteroatoms. The molecule has 0 saturated heterocycles. The van der Waals surface area contributed by atoms with E-state index in [1.165, 1.54) is 6.08 Å². The molecule has 3 aromatic rings. The van der Waals surface area contributed by atoms with Crippen LogP contribution in [0.15, 0.2) is 67.3 Å². The van der Waals surface area contributed by atoms with E-state index >= 15 is 0 Å². The Balaban J connectivity index is 1.71. The van der Waals surface area contributed by atoms with E-state index in [4.69, 9.17) is 4.74 Å². The number of imidazole rings is 1. The van der Waals surface area contributed by atoms with Crippen LogP contribution in [0.3, 0.4) is 0 Å². The Morgan fingerprint density at radius 2 is 1.96 bits per heavy atom. The molecule has 0 fully saturated rings. The van der Waals surface area contributed by atoms with Crippen LogP contribution in [0.1, 0.15) is 16.2 Å². The lowest BCUT2D eigenvalue weighted by Crippen LogP contribution is -1.96. The van der Waals surface area contributed by atoms with Gasteiger partial charge in [-0.1, -0.05) is 43.0 Å². The number of rotatable bonds is 6. The van der Waals surface area contributed by atoms with Gasteiger partial charge in [-0.15, -0.1) is 0 Å². The number of carbonyl (C=O) groups is 1. The zero-order valence-corrected chi connectivity index (χ0v) is 12.5. The Kier molecular flexibility index (Phi) is 4.34. The van der Waals surface area contributed by atoms with E-state index in [1.54, 1.807) is 12.2 Å². The topological polar surface area (TPSA) is 55.0 Å². The Morgan fingerprint density at radius 1 is 1.17 bits per heavy atom. The molecular weight excluding hydrogens is 288 g/mol. The number of nitrogens with zero attached hydrogens (tertiary/aromatic N) is 1. The summed E-state index contributed by atoms with van der Waals surface area (Å²) >= 11 is 0. The van der Waals surface area contributed by atoms with Crippen molar-refractivity contribution in [2.45, 2.75) is 0 Å². The molecule has 0 atom stereocenters. The van der Waals surface area contributed by atoms with Crippen molar-refractivity contribution >= 4 is 22.9 Å². The molecule has 0 radical (unpaired) electrons. The van der Waals surface area contributed by atoms with Crippen molar-refractivity contribution in [2.75, 3.05) is 6.61 Å². The van der Waals surface area contributed by atoms with Crippen LogP contribution in [0, 0.1) is 0 Å². The molecule has 0 unspecified atom stereocenters. The van der Waals surface area contributed by atoms with Crippen LogP contribution in [-0.2, 0) is 0 Å². The Labute approximate surface area is 134 Å². The first-order valence-corrected chi connectivity index (χ1v) is 7.27. The number of fused-ring (bicyclic) bond motifs is 1. The molecule has 1 aromatic heterocycles. The largest absolute Gasteiger partial charge is 0.490 e. The molecule has 0 saturated carbocycles. The van der Waals surface area contributed by atoms with Gasteiger partial charge in [-0.2, -0.15) is 0 Å². The third-order valence-corrected chi connectivity index (χ3v) is 3.30. The fraction of sp³-hybridized carbons (Fsp3) is 0.0526. The molecule has 4 nitrogen and oxygen atoms in total. The summed E-state index contributed by atoms with van der Waals surface area (Å²) < 4.78 is 5.41. The van der Waals surface area contributed by atoms with E-state index in [0.717, 1.165) is 22.3 Å². The van der Waals surface area contributed by atoms with Crippen molar-refractivity contribution in [3.63, 3.8) is 0 Å². The van der Waals surface area contributed by atoms with Gasteiger partial charge in [0.05, 0.1) is 11.0 Å². The zero-order chi connectivity index (χ0) is 16.1. The number of nitrogens with one attached hydrogen (secondary N) is 1. The average Bonchev–Trinajstić information content (AvgIpc) is 3.03. The molecular formula is C19H16N2O2. The number of hydrogen-bond donors (Lipinski definition) is 1. The first-order chi connectivity index (χ1) is 11.3. The van der Waals surface area contributed by atoms with Gasteiger partial charge in [0.25, 0.3) is 0 Å². The standard InChI is InChI=1S/C19H16N2O2/c1-2-13-23-15-10-7-14(8-11-15)9-12-18(22)19-20-16-5-3-4-6-17(16)21-19/h2-12H,1,13H2,(H,20,21)/b12-9+. The Hall–Kier alpha value is -3.14. The summed E-state index contributed by atoms with van der Waals surface area (Å²) in [7, 11) is 0. The molecule has 114 valence electrons. The van der Waals surface area contributed by atoms with E-state index in [0.29, 0.717) is 12.4 Å². The number of benzene rings is 2. The number of hydrogen-bond acceptors (Lipinski definition) is 3. The first-order valence-electron chi connectivity index (χ1n) is 7.27. The molecule has 1 heterocycles. The Morgan fingerprint density at radius 3 is 2.70 bits per heavy atom. The highest BCUT2D eigenvalue weighted by Gasteiger charge is 2.07. The van der Waals surface area contributed by atoms with Crippen molar-refractivity contribution in [2.24, 2.45) is 0 Å². The fourth-order valence-corrected chi connectivity index (χ4v) is 2.15. The van der Waals surface area contributed by atoms with Crippen LogP contribution in [0.2, 0.25) is 0 Å². The summed E-state index contributed by atoms with van der Waals surface area (Å²) in [5.74, 6) is 0.951. The smallest absolute Gasteiger partial charge is 0.221 e. The normalized spacial score (nSPS) is 11.0. The highest BCUT2D eigenvalue weighted by Crippen LogP contribution is 2.14. The molecule has 0 aliphatic rings. The molecule has 0 aliphatic carbocycles. The number of aromatic nitrogens is 2. The van der Waals surface area contributed by atoms with Gasteiger partial charge in [0.1, 0.15) is 12.4 Å². The summed E-state index contributed by atoms with van der Waals surface area (Å²) in [6, 6.07) is 15.0. The molecule has 23 heavy (non-hydrogen) atoms. The maximum Gasteiger partial charge on any atom is 0.221 e. The SMILES string of the molecule is C=CCOc1ccc(/C=C/C(=O)c2nc3ccccc3[nH]2)cc1. The lowest BCUT2D eigenvalue weighted by atomic mass is 10.2. The third kappa shape index (κ3) is 3.55. The number of ether oxygens (including phenoxy) is 1. The van der Waals surface area contributed by atoms with Gasteiger partial charge in [-0.25, -0.2) is 4.98 Å². The molecule has 0 amide bonds. The minimum absolute atomic E-state index is 0.159. The van der Waals surface area contributed by atoms with Gasteiger partial charge >= 0.3 is 0 Å². The third-order valence-electron chi connectivity index (χ3n) is 3.30. The zero-order valence-electron chi connectivity index (χ0n) is 12.5. The van der Waals surface area contributed by atoms with Crippen LogP contribution in [0.5, 0.6) is 5.75 Å². The van der Waals surface area contributed by atoms with E-state index in [9.17, 15) is 4.79 Å². The number of aromatic amines is 1.